The van der Waals surface area contributed by atoms with Gasteiger partial charge in [-0.25, -0.2) is 0 Å². The SMILES string of the molecule is CC(C)(C)C12OC(=O)CC1CC(=O)O2. The minimum Gasteiger partial charge on any atom is -0.422 e. The molecule has 0 aromatic heterocycles. The van der Waals surface area contributed by atoms with E-state index in [1.165, 1.54) is 0 Å². The van der Waals surface area contributed by atoms with Crippen molar-refractivity contribution in [2.24, 2.45) is 11.3 Å². The van der Waals surface area contributed by atoms with E-state index in [1.54, 1.807) is 0 Å². The molecule has 2 saturated heterocycles. The van der Waals surface area contributed by atoms with Gasteiger partial charge in [0.25, 0.3) is 5.79 Å². The maximum atomic E-state index is 11.2. The Balaban J connectivity index is 2.39. The molecule has 0 bridgehead atoms. The molecule has 2 aliphatic heterocycles. The van der Waals surface area contributed by atoms with Gasteiger partial charge in [0.2, 0.25) is 0 Å². The largest absolute Gasteiger partial charge is 0.422 e. The van der Waals surface area contributed by atoms with Crippen LogP contribution in [0.4, 0.5) is 0 Å². The predicted molar refractivity (Wildman–Crippen MR) is 47.1 cm³/mol. The van der Waals surface area contributed by atoms with Crippen LogP contribution in [-0.4, -0.2) is 17.7 Å². The number of carbonyl (C=O) groups is 2. The van der Waals surface area contributed by atoms with Crippen LogP contribution in [0.5, 0.6) is 0 Å². The number of ether oxygens (including phenoxy) is 2. The van der Waals surface area contributed by atoms with E-state index in [9.17, 15) is 9.59 Å². The van der Waals surface area contributed by atoms with Crippen LogP contribution >= 0.6 is 0 Å². The molecule has 2 fully saturated rings. The summed E-state index contributed by atoms with van der Waals surface area (Å²) in [6.07, 6.45) is 0.589. The Labute approximate surface area is 82.6 Å². The van der Waals surface area contributed by atoms with Gasteiger partial charge in [-0.05, 0) is 0 Å². The zero-order valence-electron chi connectivity index (χ0n) is 8.62. The smallest absolute Gasteiger partial charge is 0.309 e. The summed E-state index contributed by atoms with van der Waals surface area (Å²) in [5.41, 5.74) is -0.365. The lowest BCUT2D eigenvalue weighted by Gasteiger charge is -2.37. The molecule has 0 saturated carbocycles. The molecular formula is C10H14O4. The molecule has 14 heavy (non-hydrogen) atoms. The molecule has 0 aromatic rings. The first-order valence-corrected chi connectivity index (χ1v) is 4.79. The highest BCUT2D eigenvalue weighted by molar-refractivity contribution is 5.79. The highest BCUT2D eigenvalue weighted by atomic mass is 16.7. The van der Waals surface area contributed by atoms with Crippen LogP contribution in [0.25, 0.3) is 0 Å². The van der Waals surface area contributed by atoms with E-state index < -0.39 is 5.79 Å². The van der Waals surface area contributed by atoms with Crippen LogP contribution in [-0.2, 0) is 19.1 Å². The number of hydrogen-bond donors (Lipinski definition) is 0. The lowest BCUT2D eigenvalue weighted by Crippen LogP contribution is -2.46. The molecular weight excluding hydrogens is 184 g/mol. The van der Waals surface area contributed by atoms with E-state index in [2.05, 4.69) is 0 Å². The van der Waals surface area contributed by atoms with Crippen molar-refractivity contribution < 1.29 is 19.1 Å². The van der Waals surface area contributed by atoms with Gasteiger partial charge in [-0.1, -0.05) is 20.8 Å². The second-order valence-corrected chi connectivity index (χ2v) is 4.97. The monoisotopic (exact) mass is 198 g/mol. The third kappa shape index (κ3) is 1.06. The summed E-state index contributed by atoms with van der Waals surface area (Å²) in [6.45, 7) is 5.74. The van der Waals surface area contributed by atoms with Crippen molar-refractivity contribution in [2.75, 3.05) is 0 Å². The third-order valence-corrected chi connectivity index (χ3v) is 2.94. The van der Waals surface area contributed by atoms with E-state index in [4.69, 9.17) is 9.47 Å². The summed E-state index contributed by atoms with van der Waals surface area (Å²) >= 11 is 0. The van der Waals surface area contributed by atoms with Crippen molar-refractivity contribution in [2.45, 2.75) is 39.4 Å². The summed E-state index contributed by atoms with van der Waals surface area (Å²) in [6, 6.07) is 0. The average Bonchev–Trinajstić information content (AvgIpc) is 2.38. The van der Waals surface area contributed by atoms with E-state index >= 15 is 0 Å². The van der Waals surface area contributed by atoms with Gasteiger partial charge in [0, 0.05) is 5.41 Å². The maximum Gasteiger partial charge on any atom is 0.309 e. The Morgan fingerprint density at radius 2 is 1.57 bits per heavy atom. The van der Waals surface area contributed by atoms with Gasteiger partial charge in [0.1, 0.15) is 0 Å². The molecule has 0 atom stereocenters. The quantitative estimate of drug-likeness (QED) is 0.549. The number of carbonyl (C=O) groups excluding carboxylic acids is 2. The van der Waals surface area contributed by atoms with Crippen molar-refractivity contribution in [1.29, 1.82) is 0 Å². The highest BCUT2D eigenvalue weighted by Gasteiger charge is 2.64. The normalized spacial score (nSPS) is 36.6. The number of esters is 2. The summed E-state index contributed by atoms with van der Waals surface area (Å²) in [5.74, 6) is -1.65. The van der Waals surface area contributed by atoms with E-state index in [0.29, 0.717) is 12.8 Å². The summed E-state index contributed by atoms with van der Waals surface area (Å²) < 4.78 is 10.5. The summed E-state index contributed by atoms with van der Waals surface area (Å²) in [5, 5.41) is 0. The van der Waals surface area contributed by atoms with Crippen LogP contribution < -0.4 is 0 Å². The van der Waals surface area contributed by atoms with Crippen molar-refractivity contribution in [3.05, 3.63) is 0 Å². The standard InChI is InChI=1S/C10H14O4/c1-9(2,3)10-6(4-7(11)13-10)5-8(12)14-10/h6H,4-5H2,1-3H3. The summed E-state index contributed by atoms with van der Waals surface area (Å²) in [7, 11) is 0. The first-order chi connectivity index (χ1) is 6.35. The van der Waals surface area contributed by atoms with Crippen LogP contribution in [0.3, 0.4) is 0 Å². The molecule has 2 aliphatic rings. The fourth-order valence-corrected chi connectivity index (χ4v) is 2.27. The van der Waals surface area contributed by atoms with Gasteiger partial charge in [-0.3, -0.25) is 9.59 Å². The van der Waals surface area contributed by atoms with Crippen LogP contribution in [0.2, 0.25) is 0 Å². The van der Waals surface area contributed by atoms with Crippen LogP contribution in [0.15, 0.2) is 0 Å². The Kier molecular flexibility index (Phi) is 1.69. The van der Waals surface area contributed by atoms with E-state index in [0.717, 1.165) is 0 Å². The van der Waals surface area contributed by atoms with Crippen LogP contribution in [0.1, 0.15) is 33.6 Å². The highest BCUT2D eigenvalue weighted by Crippen LogP contribution is 2.52. The predicted octanol–water partition coefficient (Wildman–Crippen LogP) is 1.24. The van der Waals surface area contributed by atoms with Gasteiger partial charge in [-0.15, -0.1) is 0 Å². The molecule has 4 heteroatoms. The minimum absolute atomic E-state index is 0.109. The van der Waals surface area contributed by atoms with Gasteiger partial charge in [0.15, 0.2) is 0 Å². The van der Waals surface area contributed by atoms with Gasteiger partial charge in [-0.2, -0.15) is 0 Å². The molecule has 0 amide bonds. The van der Waals surface area contributed by atoms with E-state index in [1.807, 2.05) is 20.8 Å². The number of rotatable bonds is 0. The molecule has 0 spiro atoms. The second-order valence-electron chi connectivity index (χ2n) is 4.97. The molecule has 4 nitrogen and oxygen atoms in total. The van der Waals surface area contributed by atoms with Crippen molar-refractivity contribution in [1.82, 2.24) is 0 Å². The molecule has 0 radical (unpaired) electrons. The number of fused-ring (bicyclic) bond motifs is 1. The van der Waals surface area contributed by atoms with Gasteiger partial charge >= 0.3 is 11.9 Å². The topological polar surface area (TPSA) is 52.6 Å². The molecule has 0 unspecified atom stereocenters. The van der Waals surface area contributed by atoms with Crippen molar-refractivity contribution in [3.63, 3.8) is 0 Å². The zero-order valence-corrected chi connectivity index (χ0v) is 8.62. The lowest BCUT2D eigenvalue weighted by molar-refractivity contribution is -0.243. The van der Waals surface area contributed by atoms with Crippen molar-refractivity contribution in [3.8, 4) is 0 Å². The molecule has 0 N–H and O–H groups in total. The Morgan fingerprint density at radius 1 is 1.14 bits per heavy atom. The number of hydrogen-bond acceptors (Lipinski definition) is 4. The van der Waals surface area contributed by atoms with E-state index in [-0.39, 0.29) is 23.3 Å². The third-order valence-electron chi connectivity index (χ3n) is 2.94. The van der Waals surface area contributed by atoms with Crippen LogP contribution in [0, 0.1) is 11.3 Å². The molecule has 0 aliphatic carbocycles. The fourth-order valence-electron chi connectivity index (χ4n) is 2.27. The summed E-state index contributed by atoms with van der Waals surface area (Å²) in [4.78, 5) is 22.4. The Hall–Kier alpha value is -1.06. The van der Waals surface area contributed by atoms with Gasteiger partial charge in [0.05, 0.1) is 18.8 Å². The minimum atomic E-state index is -1.01. The zero-order chi connectivity index (χ0) is 10.6. The maximum absolute atomic E-state index is 11.2. The molecule has 2 rings (SSSR count). The first kappa shape index (κ1) is 9.49. The Bertz CT molecular complexity index is 280. The fraction of sp³-hybridized carbons (Fsp3) is 0.800. The second kappa shape index (κ2) is 2.49. The van der Waals surface area contributed by atoms with Crippen molar-refractivity contribution >= 4 is 11.9 Å². The molecule has 2 heterocycles. The van der Waals surface area contributed by atoms with Gasteiger partial charge < -0.3 is 9.47 Å². The first-order valence-electron chi connectivity index (χ1n) is 4.79. The average molecular weight is 198 g/mol. The lowest BCUT2D eigenvalue weighted by atomic mass is 9.78. The Morgan fingerprint density at radius 3 is 1.86 bits per heavy atom. The molecule has 78 valence electrons. The molecule has 0 aromatic carbocycles.